The van der Waals surface area contributed by atoms with Gasteiger partial charge in [0.25, 0.3) is 0 Å². The van der Waals surface area contributed by atoms with Crippen LogP contribution in [0, 0.1) is 11.8 Å². The Morgan fingerprint density at radius 1 is 1.25 bits per heavy atom. The van der Waals surface area contributed by atoms with E-state index in [1.54, 1.807) is 0 Å². The lowest BCUT2D eigenvalue weighted by Gasteiger charge is -2.30. The fourth-order valence-electron chi connectivity index (χ4n) is 3.06. The van der Waals surface area contributed by atoms with Crippen molar-refractivity contribution in [3.63, 3.8) is 0 Å². The first-order valence-electron chi connectivity index (χ1n) is 6.75. The molecule has 0 bridgehead atoms. The number of nitrogens with zero attached hydrogens (tertiary/aromatic N) is 1. The van der Waals surface area contributed by atoms with Crippen LogP contribution >= 0.6 is 0 Å². The van der Waals surface area contributed by atoms with Gasteiger partial charge in [0.2, 0.25) is 5.91 Å². The van der Waals surface area contributed by atoms with Gasteiger partial charge in [-0.1, -0.05) is 13.3 Å². The fraction of sp³-hybridized carbons (Fsp3) is 0.923. The van der Waals surface area contributed by atoms with E-state index in [0.29, 0.717) is 11.8 Å². The van der Waals surface area contributed by atoms with Crippen molar-refractivity contribution in [2.75, 3.05) is 13.1 Å². The molecule has 1 aliphatic heterocycles. The minimum absolute atomic E-state index is 0.218. The second-order valence-corrected chi connectivity index (χ2v) is 5.46. The van der Waals surface area contributed by atoms with Crippen molar-refractivity contribution >= 4 is 5.91 Å². The van der Waals surface area contributed by atoms with Crippen LogP contribution in [-0.4, -0.2) is 29.9 Å². The van der Waals surface area contributed by atoms with Crippen LogP contribution in [0.3, 0.4) is 0 Å². The molecule has 2 fully saturated rings. The van der Waals surface area contributed by atoms with E-state index in [-0.39, 0.29) is 6.04 Å². The molecule has 1 aliphatic carbocycles. The molecule has 3 heteroatoms. The molecule has 1 saturated carbocycles. The number of carbonyl (C=O) groups is 1. The minimum Gasteiger partial charge on any atom is -0.341 e. The summed E-state index contributed by atoms with van der Waals surface area (Å²) < 4.78 is 0. The average molecular weight is 224 g/mol. The predicted molar refractivity (Wildman–Crippen MR) is 64.9 cm³/mol. The molecule has 16 heavy (non-hydrogen) atoms. The maximum Gasteiger partial charge on any atom is 0.225 e. The molecule has 1 unspecified atom stereocenters. The molecule has 0 spiro atoms. The third-order valence-corrected chi connectivity index (χ3v) is 4.31. The monoisotopic (exact) mass is 224 g/mol. The van der Waals surface area contributed by atoms with Crippen LogP contribution in [0.5, 0.6) is 0 Å². The summed E-state index contributed by atoms with van der Waals surface area (Å²) >= 11 is 0. The van der Waals surface area contributed by atoms with E-state index in [2.05, 4.69) is 6.92 Å². The highest BCUT2D eigenvalue weighted by molar-refractivity contribution is 5.79. The van der Waals surface area contributed by atoms with Gasteiger partial charge in [-0.15, -0.1) is 0 Å². The van der Waals surface area contributed by atoms with Crippen LogP contribution in [0.4, 0.5) is 0 Å². The Bertz CT molecular complexity index is 246. The Kier molecular flexibility index (Phi) is 3.85. The summed E-state index contributed by atoms with van der Waals surface area (Å²) in [6.07, 6.45) is 6.94. The Morgan fingerprint density at radius 2 is 1.94 bits per heavy atom. The normalized spacial score (nSPS) is 35.4. The minimum atomic E-state index is 0.218. The molecule has 1 saturated heterocycles. The molecule has 0 aromatic rings. The molecular formula is C13H24N2O. The third-order valence-electron chi connectivity index (χ3n) is 4.31. The molecule has 2 N–H and O–H groups in total. The van der Waals surface area contributed by atoms with E-state index in [9.17, 15) is 4.79 Å². The summed E-state index contributed by atoms with van der Waals surface area (Å²) in [5, 5.41) is 0. The quantitative estimate of drug-likeness (QED) is 0.777. The van der Waals surface area contributed by atoms with Gasteiger partial charge in [-0.2, -0.15) is 0 Å². The first kappa shape index (κ1) is 11.9. The first-order chi connectivity index (χ1) is 7.70. The largest absolute Gasteiger partial charge is 0.341 e. The zero-order chi connectivity index (χ0) is 11.5. The summed E-state index contributed by atoms with van der Waals surface area (Å²) in [6.45, 7) is 3.92. The highest BCUT2D eigenvalue weighted by Gasteiger charge is 2.31. The van der Waals surface area contributed by atoms with Gasteiger partial charge in [0.1, 0.15) is 0 Å². The average Bonchev–Trinajstić information content (AvgIpc) is 2.75. The SMILES string of the molecule is CCC1CCC(C(=O)N2CCC(N)C2)CC1. The van der Waals surface area contributed by atoms with Crippen LogP contribution in [0.2, 0.25) is 0 Å². The van der Waals surface area contributed by atoms with E-state index in [1.165, 1.54) is 19.3 Å². The topological polar surface area (TPSA) is 46.3 Å². The van der Waals surface area contributed by atoms with E-state index in [1.807, 2.05) is 4.90 Å². The number of carbonyl (C=O) groups excluding carboxylic acids is 1. The highest BCUT2D eigenvalue weighted by atomic mass is 16.2. The molecule has 0 aromatic heterocycles. The molecule has 2 rings (SSSR count). The molecule has 0 aromatic carbocycles. The van der Waals surface area contributed by atoms with E-state index < -0.39 is 0 Å². The van der Waals surface area contributed by atoms with Crippen molar-refractivity contribution in [3.8, 4) is 0 Å². The van der Waals surface area contributed by atoms with Crippen LogP contribution < -0.4 is 5.73 Å². The van der Waals surface area contributed by atoms with Crippen molar-refractivity contribution in [2.45, 2.75) is 51.5 Å². The number of rotatable bonds is 2. The second-order valence-electron chi connectivity index (χ2n) is 5.46. The number of hydrogen-bond acceptors (Lipinski definition) is 2. The molecule has 2 aliphatic rings. The number of hydrogen-bond donors (Lipinski definition) is 1. The summed E-state index contributed by atoms with van der Waals surface area (Å²) in [7, 11) is 0. The summed E-state index contributed by atoms with van der Waals surface area (Å²) in [5.74, 6) is 1.54. The first-order valence-corrected chi connectivity index (χ1v) is 6.75. The molecule has 0 radical (unpaired) electrons. The van der Waals surface area contributed by atoms with Gasteiger partial charge >= 0.3 is 0 Å². The van der Waals surface area contributed by atoms with E-state index >= 15 is 0 Å². The fourth-order valence-corrected chi connectivity index (χ4v) is 3.06. The standard InChI is InChI=1S/C13H24N2O/c1-2-10-3-5-11(6-4-10)13(16)15-8-7-12(14)9-15/h10-12H,2-9,14H2,1H3. The third kappa shape index (κ3) is 2.57. The van der Waals surface area contributed by atoms with E-state index in [0.717, 1.165) is 38.3 Å². The van der Waals surface area contributed by atoms with Gasteiger partial charge < -0.3 is 10.6 Å². The van der Waals surface area contributed by atoms with Gasteiger partial charge in [0, 0.05) is 25.0 Å². The van der Waals surface area contributed by atoms with Crippen LogP contribution in [0.15, 0.2) is 0 Å². The highest BCUT2D eigenvalue weighted by Crippen LogP contribution is 2.32. The molecule has 3 nitrogen and oxygen atoms in total. The van der Waals surface area contributed by atoms with Crippen molar-refractivity contribution in [1.82, 2.24) is 4.90 Å². The van der Waals surface area contributed by atoms with Gasteiger partial charge in [-0.25, -0.2) is 0 Å². The molecular weight excluding hydrogens is 200 g/mol. The molecule has 1 heterocycles. The van der Waals surface area contributed by atoms with Crippen molar-refractivity contribution in [2.24, 2.45) is 17.6 Å². The lowest BCUT2D eigenvalue weighted by Crippen LogP contribution is -2.37. The maximum absolute atomic E-state index is 12.2. The lowest BCUT2D eigenvalue weighted by atomic mass is 9.80. The second kappa shape index (κ2) is 5.17. The summed E-state index contributed by atoms with van der Waals surface area (Å²) in [5.41, 5.74) is 5.84. The van der Waals surface area contributed by atoms with Crippen molar-refractivity contribution in [1.29, 1.82) is 0 Å². The number of likely N-dealkylation sites (tertiary alicyclic amines) is 1. The van der Waals surface area contributed by atoms with Crippen LogP contribution in [0.1, 0.15) is 45.4 Å². The summed E-state index contributed by atoms with van der Waals surface area (Å²) in [4.78, 5) is 14.2. The predicted octanol–water partition coefficient (Wildman–Crippen LogP) is 1.76. The molecule has 1 atom stereocenters. The van der Waals surface area contributed by atoms with Crippen LogP contribution in [-0.2, 0) is 4.79 Å². The Morgan fingerprint density at radius 3 is 2.44 bits per heavy atom. The summed E-state index contributed by atoms with van der Waals surface area (Å²) in [6, 6.07) is 0.218. The number of nitrogens with two attached hydrogens (primary N) is 1. The zero-order valence-corrected chi connectivity index (χ0v) is 10.3. The van der Waals surface area contributed by atoms with Crippen molar-refractivity contribution < 1.29 is 4.79 Å². The van der Waals surface area contributed by atoms with Gasteiger partial charge in [0.05, 0.1) is 0 Å². The van der Waals surface area contributed by atoms with E-state index in [4.69, 9.17) is 5.73 Å². The maximum atomic E-state index is 12.2. The molecule has 92 valence electrons. The van der Waals surface area contributed by atoms with Crippen LogP contribution in [0.25, 0.3) is 0 Å². The number of amides is 1. The smallest absolute Gasteiger partial charge is 0.225 e. The van der Waals surface area contributed by atoms with Gasteiger partial charge in [-0.3, -0.25) is 4.79 Å². The Hall–Kier alpha value is -0.570. The van der Waals surface area contributed by atoms with Gasteiger partial charge in [0.15, 0.2) is 0 Å². The lowest BCUT2D eigenvalue weighted by molar-refractivity contribution is -0.135. The zero-order valence-electron chi connectivity index (χ0n) is 10.3. The van der Waals surface area contributed by atoms with Gasteiger partial charge in [-0.05, 0) is 38.0 Å². The molecule has 1 amide bonds. The Labute approximate surface area is 98.4 Å². The Balaban J connectivity index is 1.82. The van der Waals surface area contributed by atoms with Crippen molar-refractivity contribution in [3.05, 3.63) is 0 Å².